The Labute approximate surface area is 292 Å². The van der Waals surface area contributed by atoms with Crippen molar-refractivity contribution in [2.75, 3.05) is 18.4 Å². The molecule has 0 radical (unpaired) electrons. The number of nitrogens with one attached hydrogen (secondary N) is 1. The van der Waals surface area contributed by atoms with Gasteiger partial charge in [0, 0.05) is 46.5 Å². The zero-order valence-corrected chi connectivity index (χ0v) is 27.7. The number of hydrogen-bond acceptors (Lipinski definition) is 7. The van der Waals surface area contributed by atoms with Crippen molar-refractivity contribution in [3.05, 3.63) is 104 Å². The number of hydrogen-bond donors (Lipinski definition) is 2. The predicted octanol–water partition coefficient (Wildman–Crippen LogP) is 6.13. The fourth-order valence-corrected chi connectivity index (χ4v) is 7.33. The maximum absolute atomic E-state index is 14.4. The smallest absolute Gasteiger partial charge is 0.416 e. The van der Waals surface area contributed by atoms with E-state index >= 15 is 0 Å². The average Bonchev–Trinajstić information content (AvgIpc) is 3.54. The number of halogens is 5. The van der Waals surface area contributed by atoms with E-state index in [1.54, 1.807) is 33.7 Å². The summed E-state index contributed by atoms with van der Waals surface area (Å²) in [5.41, 5.74) is -0.376. The predicted molar refractivity (Wildman–Crippen MR) is 178 cm³/mol. The molecule has 1 aliphatic carbocycles. The van der Waals surface area contributed by atoms with Gasteiger partial charge in [-0.1, -0.05) is 23.2 Å². The molecule has 2 amide bonds. The van der Waals surface area contributed by atoms with Crippen molar-refractivity contribution >= 4 is 46.5 Å². The summed E-state index contributed by atoms with van der Waals surface area (Å²) in [4.78, 5) is 51.5. The van der Waals surface area contributed by atoms with E-state index in [1.807, 2.05) is 0 Å². The lowest BCUT2D eigenvalue weighted by Crippen LogP contribution is -2.50. The quantitative estimate of drug-likeness (QED) is 0.223. The molecule has 11 nitrogen and oxygen atoms in total. The number of alkyl halides is 3. The highest BCUT2D eigenvalue weighted by Crippen LogP contribution is 2.44. The van der Waals surface area contributed by atoms with Crippen LogP contribution >= 0.6 is 23.2 Å². The first-order chi connectivity index (χ1) is 23.8. The molecule has 0 unspecified atom stereocenters. The zero-order valence-electron chi connectivity index (χ0n) is 26.2. The molecule has 1 saturated heterocycles. The molecule has 1 aliphatic heterocycles. The van der Waals surface area contributed by atoms with Crippen molar-refractivity contribution < 1.29 is 27.9 Å². The summed E-state index contributed by atoms with van der Waals surface area (Å²) in [5.74, 6) is -0.895. The van der Waals surface area contributed by atoms with Crippen molar-refractivity contribution in [3.63, 3.8) is 0 Å². The number of carbonyl (C=O) groups is 2. The second kappa shape index (κ2) is 12.7. The Bertz CT molecular complexity index is 2210. The average molecular weight is 727 g/mol. The summed E-state index contributed by atoms with van der Waals surface area (Å²) >= 11 is 12.2. The van der Waals surface area contributed by atoms with Gasteiger partial charge in [0.15, 0.2) is 11.5 Å². The number of aromatic hydroxyl groups is 1. The van der Waals surface area contributed by atoms with Gasteiger partial charge in [-0.2, -0.15) is 22.7 Å². The Kier molecular flexibility index (Phi) is 8.55. The van der Waals surface area contributed by atoms with E-state index in [0.29, 0.717) is 67.0 Å². The molecule has 50 heavy (non-hydrogen) atoms. The molecule has 7 rings (SSSR count). The molecular weight excluding hydrogens is 698 g/mol. The van der Waals surface area contributed by atoms with Crippen LogP contribution in [0, 0.1) is 0 Å². The molecular formula is C34H28Cl2F3N7O4. The molecule has 16 heteroatoms. The maximum atomic E-state index is 14.4. The number of pyridine rings is 1. The summed E-state index contributed by atoms with van der Waals surface area (Å²) in [7, 11) is 0. The van der Waals surface area contributed by atoms with Crippen LogP contribution < -0.4 is 10.9 Å². The summed E-state index contributed by atoms with van der Waals surface area (Å²) < 4.78 is 42.4. The van der Waals surface area contributed by atoms with Crippen molar-refractivity contribution in [2.24, 2.45) is 0 Å². The Morgan fingerprint density at radius 3 is 2.44 bits per heavy atom. The number of benzene rings is 2. The van der Waals surface area contributed by atoms with Gasteiger partial charge in [-0.25, -0.2) is 4.98 Å². The van der Waals surface area contributed by atoms with Gasteiger partial charge in [-0.05, 0) is 86.7 Å². The minimum Gasteiger partial charge on any atom is -0.505 e. The minimum atomic E-state index is -4.61. The van der Waals surface area contributed by atoms with Crippen LogP contribution in [0.5, 0.6) is 5.75 Å². The first kappa shape index (κ1) is 33.5. The Balaban J connectivity index is 1.28. The van der Waals surface area contributed by atoms with Crippen LogP contribution in [0.4, 0.5) is 18.9 Å². The van der Waals surface area contributed by atoms with Crippen molar-refractivity contribution in [1.29, 1.82) is 0 Å². The van der Waals surface area contributed by atoms with E-state index < -0.39 is 29.0 Å². The Hall–Kier alpha value is -4.95. The van der Waals surface area contributed by atoms with Crippen LogP contribution in [0.15, 0.2) is 65.6 Å². The maximum Gasteiger partial charge on any atom is 0.416 e. The number of fused-ring (bicyclic) bond motifs is 3. The van der Waals surface area contributed by atoms with Gasteiger partial charge in [0.2, 0.25) is 11.7 Å². The summed E-state index contributed by atoms with van der Waals surface area (Å²) in [6.45, 7) is 0.250. The molecule has 0 saturated carbocycles. The first-order valence-corrected chi connectivity index (χ1v) is 16.5. The van der Waals surface area contributed by atoms with Gasteiger partial charge >= 0.3 is 6.18 Å². The zero-order chi connectivity index (χ0) is 35.4. The van der Waals surface area contributed by atoms with Crippen LogP contribution in [0.25, 0.3) is 17.2 Å². The third-order valence-corrected chi connectivity index (χ3v) is 9.99. The first-order valence-electron chi connectivity index (χ1n) is 15.7. The highest BCUT2D eigenvalue weighted by atomic mass is 35.5. The minimum absolute atomic E-state index is 0.00799. The second-order valence-electron chi connectivity index (χ2n) is 12.4. The van der Waals surface area contributed by atoms with Gasteiger partial charge in [0.1, 0.15) is 12.3 Å². The standard InChI is InChI=1S/C34H28Cl2F3N7O4/c35-21-8-5-19(6-9-21)29-42-32-45(18-26(48)41-23-10-7-20(17-22(23)36)34(37,38)39)24-3-1-11-33(27(24)30(49)46(32)43-29)12-15-44(16-13-33)31(50)28-25(47)4-2-14-40-28/h2,4-10,14,17,47H,1,3,11-13,15-16,18H2,(H,41,48). The van der Waals surface area contributed by atoms with Gasteiger partial charge in [0.25, 0.3) is 11.5 Å². The number of anilines is 1. The van der Waals surface area contributed by atoms with Crippen LogP contribution in [-0.2, 0) is 29.4 Å². The summed E-state index contributed by atoms with van der Waals surface area (Å²) in [6, 6.07) is 12.3. The number of aromatic nitrogens is 5. The van der Waals surface area contributed by atoms with E-state index in [2.05, 4.69) is 20.4 Å². The molecule has 4 heterocycles. The van der Waals surface area contributed by atoms with Crippen LogP contribution in [0.2, 0.25) is 10.0 Å². The van der Waals surface area contributed by atoms with E-state index in [4.69, 9.17) is 23.2 Å². The third kappa shape index (κ3) is 6.06. The number of likely N-dealkylation sites (tertiary alicyclic amines) is 1. The van der Waals surface area contributed by atoms with Crippen LogP contribution in [0.1, 0.15) is 53.0 Å². The van der Waals surface area contributed by atoms with Gasteiger partial charge in [-0.3, -0.25) is 14.4 Å². The molecule has 1 fully saturated rings. The summed E-state index contributed by atoms with van der Waals surface area (Å²) in [5, 5.41) is 17.6. The van der Waals surface area contributed by atoms with E-state index in [1.165, 1.54) is 22.8 Å². The van der Waals surface area contributed by atoms with Crippen LogP contribution in [0.3, 0.4) is 0 Å². The molecule has 0 atom stereocenters. The molecule has 2 aliphatic rings. The van der Waals surface area contributed by atoms with Crippen molar-refractivity contribution in [2.45, 2.75) is 50.2 Å². The largest absolute Gasteiger partial charge is 0.505 e. The van der Waals surface area contributed by atoms with Gasteiger partial charge in [0.05, 0.1) is 16.3 Å². The number of carbonyl (C=O) groups excluding carboxylic acids is 2. The highest BCUT2D eigenvalue weighted by molar-refractivity contribution is 6.33. The lowest BCUT2D eigenvalue weighted by Gasteiger charge is -2.45. The molecule has 5 aromatic rings. The van der Waals surface area contributed by atoms with Crippen LogP contribution in [-0.4, -0.2) is 59.1 Å². The normalized spacial score (nSPS) is 15.7. The Morgan fingerprint density at radius 2 is 1.76 bits per heavy atom. The molecule has 0 bridgehead atoms. The number of piperidine rings is 1. The van der Waals surface area contributed by atoms with E-state index in [9.17, 15) is 32.7 Å². The van der Waals surface area contributed by atoms with Crippen molar-refractivity contribution in [3.8, 4) is 17.1 Å². The molecule has 1 spiro atoms. The second-order valence-corrected chi connectivity index (χ2v) is 13.2. The SMILES string of the molecule is O=C(Cn1c2c(c(=O)n3nc(-c4ccc(Cl)cc4)nc13)C1(CCC2)CCN(C(=O)c2ncccc2O)CC1)Nc1ccc(C(F)(F)F)cc1Cl. The summed E-state index contributed by atoms with van der Waals surface area (Å²) in [6.07, 6.45) is -0.516. The molecule has 258 valence electrons. The van der Waals surface area contributed by atoms with Crippen molar-refractivity contribution in [1.82, 2.24) is 29.0 Å². The molecule has 2 aromatic carbocycles. The van der Waals surface area contributed by atoms with Gasteiger partial charge < -0.3 is 19.9 Å². The number of amides is 2. The van der Waals surface area contributed by atoms with E-state index in [0.717, 1.165) is 18.2 Å². The van der Waals surface area contributed by atoms with Gasteiger partial charge in [-0.15, -0.1) is 5.10 Å². The molecule has 3 aromatic heterocycles. The lowest BCUT2D eigenvalue weighted by atomic mass is 9.66. The fourth-order valence-electron chi connectivity index (χ4n) is 6.97. The Morgan fingerprint density at radius 1 is 1.02 bits per heavy atom. The number of nitrogens with zero attached hydrogens (tertiary/aromatic N) is 6. The van der Waals surface area contributed by atoms with E-state index in [-0.39, 0.29) is 45.9 Å². The topological polar surface area (TPSA) is 135 Å². The number of rotatable bonds is 5. The molecule has 2 N–H and O–H groups in total. The lowest BCUT2D eigenvalue weighted by molar-refractivity contribution is -0.137. The highest BCUT2D eigenvalue weighted by Gasteiger charge is 2.44. The third-order valence-electron chi connectivity index (χ3n) is 9.42. The fraction of sp³-hybridized carbons (Fsp3) is 0.294. The monoisotopic (exact) mass is 725 g/mol.